The van der Waals surface area contributed by atoms with Crippen molar-refractivity contribution >= 4 is 22.1 Å². The average molecular weight is 261 g/mol. The maximum atomic E-state index is 7.42. The molecule has 0 saturated carbocycles. The Morgan fingerprint density at radius 2 is 2.00 bits per heavy atom. The maximum Gasteiger partial charge on any atom is 0.227 e. The molecule has 0 radical (unpaired) electrons. The van der Waals surface area contributed by atoms with Crippen molar-refractivity contribution in [3.05, 3.63) is 60.4 Å². The van der Waals surface area contributed by atoms with E-state index in [4.69, 9.17) is 5.79 Å². The fourth-order valence-electron chi connectivity index (χ4n) is 2.44. The van der Waals surface area contributed by atoms with E-state index in [9.17, 15) is 0 Å². The van der Waals surface area contributed by atoms with Crippen LogP contribution in [-0.4, -0.2) is 9.97 Å². The van der Waals surface area contributed by atoms with Crippen LogP contribution in [0.5, 0.6) is 0 Å². The molecule has 0 fully saturated rings. The van der Waals surface area contributed by atoms with E-state index in [1.165, 1.54) is 0 Å². The molecular weight excluding hydrogens is 248 g/mol. The molecule has 96 valence electrons. The highest BCUT2D eigenvalue weighted by atomic mass is 16.3. The van der Waals surface area contributed by atoms with Gasteiger partial charge in [-0.05, 0) is 37.2 Å². The van der Waals surface area contributed by atoms with Crippen molar-refractivity contribution < 1.29 is 5.79 Å². The van der Waals surface area contributed by atoms with Gasteiger partial charge in [-0.15, -0.1) is 0 Å². The van der Waals surface area contributed by atoms with Gasteiger partial charge >= 0.3 is 0 Å². The Bertz CT molecular complexity index is 931. The molecule has 0 amide bonds. The zero-order chi connectivity index (χ0) is 14.2. The standard InChI is InChI=1S/C17H12N2O/c1-11-8-9-13-12-5-4-6-14(15-7-2-3-10-18-15)16(12)20-17(13)19-11/h2-10H,1H3/i1D. The van der Waals surface area contributed by atoms with Crippen molar-refractivity contribution in [2.45, 2.75) is 6.90 Å². The lowest BCUT2D eigenvalue weighted by Crippen LogP contribution is -1.81. The molecule has 0 saturated heterocycles. The SMILES string of the molecule is [2H]Cc1ccc2c(n1)oc1c(-c3ccccn3)cccc12. The lowest BCUT2D eigenvalue weighted by Gasteiger charge is -2.00. The highest BCUT2D eigenvalue weighted by molar-refractivity contribution is 6.08. The number of aryl methyl sites for hydroxylation is 1. The molecule has 0 unspecified atom stereocenters. The summed E-state index contributed by atoms with van der Waals surface area (Å²) < 4.78 is 13.4. The van der Waals surface area contributed by atoms with E-state index in [0.29, 0.717) is 11.4 Å². The number of hydrogen-bond acceptors (Lipinski definition) is 3. The summed E-state index contributed by atoms with van der Waals surface area (Å²) in [6, 6.07) is 15.7. The minimum atomic E-state index is 0.153. The van der Waals surface area contributed by atoms with Gasteiger partial charge in [-0.25, -0.2) is 4.98 Å². The molecule has 4 rings (SSSR count). The van der Waals surface area contributed by atoms with E-state index in [1.807, 2.05) is 48.5 Å². The van der Waals surface area contributed by atoms with Crippen LogP contribution < -0.4 is 0 Å². The second kappa shape index (κ2) is 4.17. The predicted molar refractivity (Wildman–Crippen MR) is 79.5 cm³/mol. The summed E-state index contributed by atoms with van der Waals surface area (Å²) in [6.07, 6.45) is 1.77. The number of para-hydroxylation sites is 1. The third kappa shape index (κ3) is 1.60. The fraction of sp³-hybridized carbons (Fsp3) is 0.0588. The second-order valence-corrected chi connectivity index (χ2v) is 4.65. The molecule has 3 nitrogen and oxygen atoms in total. The summed E-state index contributed by atoms with van der Waals surface area (Å²) in [6.45, 7) is 0.153. The van der Waals surface area contributed by atoms with Crippen LogP contribution in [-0.2, 0) is 0 Å². The summed E-state index contributed by atoms with van der Waals surface area (Å²) in [5, 5.41) is 2.00. The molecule has 0 N–H and O–H groups in total. The number of rotatable bonds is 1. The lowest BCUT2D eigenvalue weighted by atomic mass is 10.1. The third-order valence-electron chi connectivity index (χ3n) is 3.36. The van der Waals surface area contributed by atoms with Gasteiger partial charge in [0.25, 0.3) is 0 Å². The first kappa shape index (κ1) is 10.1. The summed E-state index contributed by atoms with van der Waals surface area (Å²) in [5.41, 5.74) is 3.92. The van der Waals surface area contributed by atoms with Gasteiger partial charge in [0.05, 0.1) is 5.69 Å². The monoisotopic (exact) mass is 261 g/mol. The number of pyridine rings is 2. The highest BCUT2D eigenvalue weighted by Gasteiger charge is 2.13. The molecule has 0 aliphatic carbocycles. The Hall–Kier alpha value is -2.68. The summed E-state index contributed by atoms with van der Waals surface area (Å²) in [5.74, 6) is 0. The van der Waals surface area contributed by atoms with Crippen LogP contribution in [0.2, 0.25) is 0 Å². The van der Waals surface area contributed by atoms with Gasteiger partial charge in [0, 0.05) is 29.6 Å². The summed E-state index contributed by atoms with van der Waals surface area (Å²) in [7, 11) is 0. The van der Waals surface area contributed by atoms with Gasteiger partial charge in [0.15, 0.2) is 0 Å². The smallest absolute Gasteiger partial charge is 0.227 e. The van der Waals surface area contributed by atoms with Gasteiger partial charge in [-0.1, -0.05) is 18.2 Å². The number of furan rings is 1. The van der Waals surface area contributed by atoms with Gasteiger partial charge < -0.3 is 4.42 Å². The average Bonchev–Trinajstić information content (AvgIpc) is 2.93. The van der Waals surface area contributed by atoms with Crippen molar-refractivity contribution in [1.82, 2.24) is 9.97 Å². The molecule has 20 heavy (non-hydrogen) atoms. The molecule has 1 aromatic carbocycles. The normalized spacial score (nSPS) is 11.9. The molecule has 3 aromatic heterocycles. The van der Waals surface area contributed by atoms with Crippen molar-refractivity contribution in [1.29, 1.82) is 0 Å². The van der Waals surface area contributed by atoms with Crippen molar-refractivity contribution in [3.8, 4) is 11.3 Å². The maximum absolute atomic E-state index is 7.42. The van der Waals surface area contributed by atoms with Crippen LogP contribution in [0.1, 0.15) is 7.06 Å². The highest BCUT2D eigenvalue weighted by Crippen LogP contribution is 2.34. The molecule has 0 bridgehead atoms. The first-order valence-electron chi connectivity index (χ1n) is 7.09. The first-order valence-corrected chi connectivity index (χ1v) is 6.38. The predicted octanol–water partition coefficient (Wildman–Crippen LogP) is 4.35. The number of nitrogens with zero attached hydrogens (tertiary/aromatic N) is 2. The minimum Gasteiger partial charge on any atom is -0.437 e. The zero-order valence-electron chi connectivity index (χ0n) is 11.7. The molecule has 0 aliphatic rings. The third-order valence-corrected chi connectivity index (χ3v) is 3.36. The minimum absolute atomic E-state index is 0.153. The number of benzene rings is 1. The molecule has 0 spiro atoms. The van der Waals surface area contributed by atoms with Gasteiger partial charge in [0.1, 0.15) is 5.58 Å². The molecule has 3 heterocycles. The largest absolute Gasteiger partial charge is 0.437 e. The first-order chi connectivity index (χ1) is 10.4. The quantitative estimate of drug-likeness (QED) is 0.511. The lowest BCUT2D eigenvalue weighted by molar-refractivity contribution is 0.653. The molecule has 4 aromatic rings. The van der Waals surface area contributed by atoms with E-state index in [1.54, 1.807) is 6.20 Å². The van der Waals surface area contributed by atoms with Gasteiger partial charge in [0.2, 0.25) is 5.71 Å². The zero-order valence-corrected chi connectivity index (χ0v) is 10.7. The van der Waals surface area contributed by atoms with Crippen LogP contribution in [0.4, 0.5) is 0 Å². The summed E-state index contributed by atoms with van der Waals surface area (Å²) in [4.78, 5) is 8.78. The molecular formula is C17H12N2O. The molecule has 3 heteroatoms. The Morgan fingerprint density at radius 1 is 1.00 bits per heavy atom. The van der Waals surface area contributed by atoms with E-state index in [0.717, 1.165) is 27.6 Å². The van der Waals surface area contributed by atoms with E-state index in [-0.39, 0.29) is 6.90 Å². The van der Waals surface area contributed by atoms with Crippen LogP contribution >= 0.6 is 0 Å². The molecule has 0 atom stereocenters. The van der Waals surface area contributed by atoms with Gasteiger partial charge in [-0.2, -0.15) is 0 Å². The topological polar surface area (TPSA) is 38.9 Å². The number of aromatic nitrogens is 2. The summed E-state index contributed by atoms with van der Waals surface area (Å²) >= 11 is 0. The Balaban J connectivity index is 2.05. The fourth-order valence-corrected chi connectivity index (χ4v) is 2.44. The van der Waals surface area contributed by atoms with E-state index >= 15 is 0 Å². The van der Waals surface area contributed by atoms with Crippen LogP contribution in [0.25, 0.3) is 33.3 Å². The number of fused-ring (bicyclic) bond motifs is 3. The van der Waals surface area contributed by atoms with Crippen LogP contribution in [0.3, 0.4) is 0 Å². The van der Waals surface area contributed by atoms with Crippen LogP contribution in [0, 0.1) is 6.90 Å². The van der Waals surface area contributed by atoms with E-state index < -0.39 is 0 Å². The Labute approximate surface area is 117 Å². The van der Waals surface area contributed by atoms with Crippen molar-refractivity contribution in [2.24, 2.45) is 0 Å². The second-order valence-electron chi connectivity index (χ2n) is 4.65. The Kier molecular flexibility index (Phi) is 2.11. The van der Waals surface area contributed by atoms with Gasteiger partial charge in [-0.3, -0.25) is 4.98 Å². The van der Waals surface area contributed by atoms with Crippen LogP contribution in [0.15, 0.2) is 59.1 Å². The van der Waals surface area contributed by atoms with E-state index in [2.05, 4.69) is 9.97 Å². The van der Waals surface area contributed by atoms with Crippen molar-refractivity contribution in [3.63, 3.8) is 0 Å². The number of hydrogen-bond donors (Lipinski definition) is 0. The van der Waals surface area contributed by atoms with Crippen molar-refractivity contribution in [2.75, 3.05) is 0 Å². The molecule has 0 aliphatic heterocycles. The Morgan fingerprint density at radius 3 is 2.85 bits per heavy atom.